The predicted molar refractivity (Wildman–Crippen MR) is 59.7 cm³/mol. The minimum Gasteiger partial charge on any atom is -0.394 e. The Morgan fingerprint density at radius 2 is 1.93 bits per heavy atom. The molecule has 0 aliphatic carbocycles. The molecule has 0 bridgehead atoms. The standard InChI is InChI=1S/C11H23NO3/c1-4-11(5-2,9-13)12-10(14)7-8-15-6-3/h13H,4-9H2,1-3H3,(H,12,14). The van der Waals surface area contributed by atoms with Crippen molar-refractivity contribution in [2.45, 2.75) is 45.6 Å². The number of carbonyl (C=O) groups excluding carboxylic acids is 1. The second-order valence-corrected chi connectivity index (χ2v) is 3.64. The van der Waals surface area contributed by atoms with Gasteiger partial charge in [-0.25, -0.2) is 0 Å². The fourth-order valence-corrected chi connectivity index (χ4v) is 1.36. The van der Waals surface area contributed by atoms with E-state index in [1.54, 1.807) is 0 Å². The van der Waals surface area contributed by atoms with Crippen LogP contribution in [0, 0.1) is 0 Å². The molecule has 0 aliphatic heterocycles. The van der Waals surface area contributed by atoms with E-state index in [0.717, 1.165) is 12.8 Å². The Hall–Kier alpha value is -0.610. The third-order valence-corrected chi connectivity index (χ3v) is 2.74. The number of rotatable bonds is 8. The average molecular weight is 217 g/mol. The van der Waals surface area contributed by atoms with Crippen LogP contribution in [0.2, 0.25) is 0 Å². The molecular formula is C11H23NO3. The number of aliphatic hydroxyl groups excluding tert-OH is 1. The Morgan fingerprint density at radius 3 is 2.33 bits per heavy atom. The molecule has 0 aromatic carbocycles. The van der Waals surface area contributed by atoms with Gasteiger partial charge in [-0.1, -0.05) is 13.8 Å². The number of amides is 1. The summed E-state index contributed by atoms with van der Waals surface area (Å²) >= 11 is 0. The zero-order valence-electron chi connectivity index (χ0n) is 10.0. The Kier molecular flexibility index (Phi) is 7.34. The quantitative estimate of drug-likeness (QED) is 0.598. The summed E-state index contributed by atoms with van der Waals surface area (Å²) in [6.45, 7) is 6.87. The van der Waals surface area contributed by atoms with Crippen LogP contribution in [0.1, 0.15) is 40.0 Å². The lowest BCUT2D eigenvalue weighted by Gasteiger charge is -2.30. The van der Waals surface area contributed by atoms with Crippen molar-refractivity contribution in [2.24, 2.45) is 0 Å². The molecule has 0 radical (unpaired) electrons. The lowest BCUT2D eigenvalue weighted by Crippen LogP contribution is -2.50. The minimum atomic E-state index is -0.455. The molecule has 0 fully saturated rings. The summed E-state index contributed by atoms with van der Waals surface area (Å²) in [7, 11) is 0. The van der Waals surface area contributed by atoms with Crippen LogP contribution >= 0.6 is 0 Å². The van der Waals surface area contributed by atoms with Crippen LogP contribution in [0.3, 0.4) is 0 Å². The molecule has 0 aromatic rings. The molecule has 0 aromatic heterocycles. The van der Waals surface area contributed by atoms with Gasteiger partial charge >= 0.3 is 0 Å². The smallest absolute Gasteiger partial charge is 0.222 e. The zero-order valence-corrected chi connectivity index (χ0v) is 10.0. The van der Waals surface area contributed by atoms with Crippen molar-refractivity contribution >= 4 is 5.91 Å². The van der Waals surface area contributed by atoms with Gasteiger partial charge in [0.25, 0.3) is 0 Å². The molecule has 15 heavy (non-hydrogen) atoms. The second kappa shape index (κ2) is 7.65. The highest BCUT2D eigenvalue weighted by molar-refractivity contribution is 5.76. The molecule has 0 saturated heterocycles. The van der Waals surface area contributed by atoms with Crippen molar-refractivity contribution in [3.8, 4) is 0 Å². The molecule has 2 N–H and O–H groups in total. The van der Waals surface area contributed by atoms with Gasteiger partial charge in [0.2, 0.25) is 5.91 Å². The Morgan fingerprint density at radius 1 is 1.33 bits per heavy atom. The van der Waals surface area contributed by atoms with Crippen molar-refractivity contribution in [3.05, 3.63) is 0 Å². The maximum atomic E-state index is 11.5. The van der Waals surface area contributed by atoms with Gasteiger partial charge in [0.1, 0.15) is 0 Å². The first kappa shape index (κ1) is 14.4. The minimum absolute atomic E-state index is 0.0135. The zero-order chi connectivity index (χ0) is 11.7. The summed E-state index contributed by atoms with van der Waals surface area (Å²) in [5.74, 6) is -0.0544. The molecule has 4 nitrogen and oxygen atoms in total. The monoisotopic (exact) mass is 217 g/mol. The lowest BCUT2D eigenvalue weighted by molar-refractivity contribution is -0.124. The van der Waals surface area contributed by atoms with E-state index in [0.29, 0.717) is 19.6 Å². The number of carbonyl (C=O) groups is 1. The van der Waals surface area contributed by atoms with Crippen molar-refractivity contribution in [1.82, 2.24) is 5.32 Å². The van der Waals surface area contributed by atoms with E-state index >= 15 is 0 Å². The van der Waals surface area contributed by atoms with Crippen LogP contribution in [0.25, 0.3) is 0 Å². The number of hydrogen-bond acceptors (Lipinski definition) is 3. The van der Waals surface area contributed by atoms with Gasteiger partial charge in [-0.15, -0.1) is 0 Å². The average Bonchev–Trinajstić information content (AvgIpc) is 2.26. The van der Waals surface area contributed by atoms with Crippen molar-refractivity contribution in [3.63, 3.8) is 0 Å². The van der Waals surface area contributed by atoms with Gasteiger partial charge in [-0.05, 0) is 19.8 Å². The first-order valence-corrected chi connectivity index (χ1v) is 5.63. The predicted octanol–water partition coefficient (Wildman–Crippen LogP) is 1.08. The van der Waals surface area contributed by atoms with Crippen LogP contribution < -0.4 is 5.32 Å². The maximum Gasteiger partial charge on any atom is 0.222 e. The fraction of sp³-hybridized carbons (Fsp3) is 0.909. The molecule has 1 amide bonds. The van der Waals surface area contributed by atoms with Gasteiger partial charge in [-0.3, -0.25) is 4.79 Å². The summed E-state index contributed by atoms with van der Waals surface area (Å²) in [5.41, 5.74) is -0.455. The van der Waals surface area contributed by atoms with E-state index in [-0.39, 0.29) is 12.5 Å². The van der Waals surface area contributed by atoms with Gasteiger partial charge in [-0.2, -0.15) is 0 Å². The number of nitrogens with one attached hydrogen (secondary N) is 1. The number of ether oxygens (including phenoxy) is 1. The van der Waals surface area contributed by atoms with Crippen molar-refractivity contribution in [2.75, 3.05) is 19.8 Å². The number of hydrogen-bond donors (Lipinski definition) is 2. The number of aliphatic hydroxyl groups is 1. The second-order valence-electron chi connectivity index (χ2n) is 3.64. The highest BCUT2D eigenvalue weighted by Crippen LogP contribution is 2.14. The topological polar surface area (TPSA) is 58.6 Å². The normalized spacial score (nSPS) is 11.5. The summed E-state index contributed by atoms with van der Waals surface area (Å²) < 4.78 is 5.10. The maximum absolute atomic E-state index is 11.5. The van der Waals surface area contributed by atoms with E-state index < -0.39 is 5.54 Å². The molecule has 0 unspecified atom stereocenters. The van der Waals surface area contributed by atoms with E-state index in [1.807, 2.05) is 20.8 Å². The van der Waals surface area contributed by atoms with Crippen LogP contribution in [0.5, 0.6) is 0 Å². The highest BCUT2D eigenvalue weighted by Gasteiger charge is 2.26. The van der Waals surface area contributed by atoms with Gasteiger partial charge in [0.05, 0.1) is 18.8 Å². The molecule has 0 spiro atoms. The van der Waals surface area contributed by atoms with Crippen molar-refractivity contribution < 1.29 is 14.6 Å². The molecule has 0 heterocycles. The Labute approximate surface area is 92.0 Å². The first-order chi connectivity index (χ1) is 7.14. The lowest BCUT2D eigenvalue weighted by atomic mass is 9.94. The van der Waals surface area contributed by atoms with Gasteiger partial charge in [0.15, 0.2) is 0 Å². The molecule has 90 valence electrons. The molecule has 0 aliphatic rings. The van der Waals surface area contributed by atoms with Crippen LogP contribution in [-0.4, -0.2) is 36.4 Å². The van der Waals surface area contributed by atoms with Crippen molar-refractivity contribution in [1.29, 1.82) is 0 Å². The third-order valence-electron chi connectivity index (χ3n) is 2.74. The largest absolute Gasteiger partial charge is 0.394 e. The van der Waals surface area contributed by atoms with Gasteiger partial charge in [0, 0.05) is 13.0 Å². The molecular weight excluding hydrogens is 194 g/mol. The summed E-state index contributed by atoms with van der Waals surface area (Å²) in [6.07, 6.45) is 1.83. The highest BCUT2D eigenvalue weighted by atomic mass is 16.5. The van der Waals surface area contributed by atoms with Crippen LogP contribution in [0.4, 0.5) is 0 Å². The van der Waals surface area contributed by atoms with Gasteiger partial charge < -0.3 is 15.2 Å². The van der Waals surface area contributed by atoms with E-state index in [4.69, 9.17) is 4.74 Å². The van der Waals surface area contributed by atoms with E-state index in [2.05, 4.69) is 5.32 Å². The van der Waals surface area contributed by atoms with E-state index in [1.165, 1.54) is 0 Å². The van der Waals surface area contributed by atoms with Crippen LogP contribution in [-0.2, 0) is 9.53 Å². The Bertz CT molecular complexity index is 170. The molecule has 0 atom stereocenters. The summed E-state index contributed by atoms with van der Waals surface area (Å²) in [6, 6.07) is 0. The fourth-order valence-electron chi connectivity index (χ4n) is 1.36. The molecule has 0 rings (SSSR count). The first-order valence-electron chi connectivity index (χ1n) is 5.63. The van der Waals surface area contributed by atoms with Crippen LogP contribution in [0.15, 0.2) is 0 Å². The SMILES string of the molecule is CCOCCC(=O)NC(CC)(CC)CO. The summed E-state index contributed by atoms with van der Waals surface area (Å²) in [4.78, 5) is 11.5. The summed E-state index contributed by atoms with van der Waals surface area (Å²) in [5, 5.41) is 12.1. The molecule has 0 saturated carbocycles. The van der Waals surface area contributed by atoms with E-state index in [9.17, 15) is 9.90 Å². The molecule has 4 heteroatoms. The third kappa shape index (κ3) is 5.14. The Balaban J connectivity index is 4.00.